The third-order valence-electron chi connectivity index (χ3n) is 2.43. The monoisotopic (exact) mass is 241 g/mol. The number of anilines is 1. The van der Waals surface area contributed by atoms with E-state index in [9.17, 15) is 14.7 Å². The Morgan fingerprint density at radius 3 is 2.18 bits per heavy atom. The molecule has 0 saturated heterocycles. The summed E-state index contributed by atoms with van der Waals surface area (Å²) in [5.41, 5.74) is -1.18. The Morgan fingerprint density at radius 1 is 1.18 bits per heavy atom. The predicted molar refractivity (Wildman–Crippen MR) is 66.5 cm³/mol. The van der Waals surface area contributed by atoms with Crippen LogP contribution in [-0.4, -0.2) is 20.8 Å². The van der Waals surface area contributed by atoms with Crippen molar-refractivity contribution < 1.29 is 5.11 Å². The van der Waals surface area contributed by atoms with E-state index in [4.69, 9.17) is 0 Å². The van der Waals surface area contributed by atoms with Crippen molar-refractivity contribution in [1.29, 1.82) is 0 Å². The molecule has 6 heteroatoms. The third kappa shape index (κ3) is 2.69. The molecule has 0 aromatic carbocycles. The van der Waals surface area contributed by atoms with Crippen molar-refractivity contribution in [1.82, 2.24) is 9.13 Å². The maximum atomic E-state index is 11.7. The molecule has 0 fully saturated rings. The lowest BCUT2D eigenvalue weighted by Crippen LogP contribution is -2.38. The molecule has 1 heterocycles. The van der Waals surface area contributed by atoms with Crippen LogP contribution < -0.4 is 16.6 Å². The van der Waals surface area contributed by atoms with E-state index in [1.807, 2.05) is 20.8 Å². The van der Waals surface area contributed by atoms with Gasteiger partial charge in [-0.05, 0) is 5.41 Å². The molecule has 0 atom stereocenters. The van der Waals surface area contributed by atoms with Crippen molar-refractivity contribution in [3.8, 4) is 5.75 Å². The van der Waals surface area contributed by atoms with Gasteiger partial charge in [-0.25, -0.2) is 4.79 Å². The van der Waals surface area contributed by atoms with Crippen molar-refractivity contribution >= 4 is 5.82 Å². The molecule has 6 nitrogen and oxygen atoms in total. The number of rotatable bonds is 2. The normalized spacial score (nSPS) is 11.6. The van der Waals surface area contributed by atoms with Gasteiger partial charge in [-0.15, -0.1) is 0 Å². The van der Waals surface area contributed by atoms with Crippen LogP contribution in [0.15, 0.2) is 9.59 Å². The van der Waals surface area contributed by atoms with Crippen LogP contribution in [0.25, 0.3) is 0 Å². The molecule has 0 saturated carbocycles. The lowest BCUT2D eigenvalue weighted by molar-refractivity contribution is 0.429. The summed E-state index contributed by atoms with van der Waals surface area (Å²) in [4.78, 5) is 23.2. The highest BCUT2D eigenvalue weighted by Gasteiger charge is 2.17. The smallest absolute Gasteiger partial charge is 0.332 e. The van der Waals surface area contributed by atoms with Crippen LogP contribution in [0.5, 0.6) is 5.75 Å². The van der Waals surface area contributed by atoms with Crippen molar-refractivity contribution in [3.63, 3.8) is 0 Å². The number of hydrogen-bond acceptors (Lipinski definition) is 4. The summed E-state index contributed by atoms with van der Waals surface area (Å²) < 4.78 is 2.10. The van der Waals surface area contributed by atoms with Gasteiger partial charge in [0.1, 0.15) is 0 Å². The highest BCUT2D eigenvalue weighted by molar-refractivity contribution is 5.48. The molecule has 0 aliphatic rings. The minimum atomic E-state index is -0.690. The molecule has 0 aliphatic carbocycles. The van der Waals surface area contributed by atoms with Gasteiger partial charge in [0.15, 0.2) is 5.82 Å². The van der Waals surface area contributed by atoms with Crippen LogP contribution in [0.4, 0.5) is 5.82 Å². The van der Waals surface area contributed by atoms with Gasteiger partial charge in [-0.1, -0.05) is 20.8 Å². The molecule has 0 spiro atoms. The van der Waals surface area contributed by atoms with Crippen LogP contribution in [0.3, 0.4) is 0 Å². The minimum Gasteiger partial charge on any atom is -0.501 e. The van der Waals surface area contributed by atoms with Gasteiger partial charge in [0.25, 0.3) is 5.56 Å². The Balaban J connectivity index is 3.26. The van der Waals surface area contributed by atoms with Crippen molar-refractivity contribution in [3.05, 3.63) is 20.8 Å². The fraction of sp³-hybridized carbons (Fsp3) is 0.636. The van der Waals surface area contributed by atoms with Crippen LogP contribution >= 0.6 is 0 Å². The number of nitrogens with one attached hydrogen (secondary N) is 1. The maximum Gasteiger partial charge on any atom is 0.332 e. The zero-order valence-electron chi connectivity index (χ0n) is 10.9. The minimum absolute atomic E-state index is 0.0242. The first-order chi connectivity index (χ1) is 7.65. The van der Waals surface area contributed by atoms with E-state index >= 15 is 0 Å². The van der Waals surface area contributed by atoms with Gasteiger partial charge in [-0.3, -0.25) is 13.9 Å². The van der Waals surface area contributed by atoms with Gasteiger partial charge in [0.05, 0.1) is 0 Å². The molecule has 17 heavy (non-hydrogen) atoms. The second kappa shape index (κ2) is 4.27. The molecule has 0 amide bonds. The maximum absolute atomic E-state index is 11.7. The van der Waals surface area contributed by atoms with Crippen LogP contribution in [0.2, 0.25) is 0 Å². The summed E-state index contributed by atoms with van der Waals surface area (Å²) >= 11 is 0. The standard InChI is InChI=1S/C11H19N3O3/c1-11(2,3)6-12-8-7(15)9(16)14(5)10(17)13(8)4/h12,15H,6H2,1-5H3. The summed E-state index contributed by atoms with van der Waals surface area (Å²) in [5.74, 6) is -0.271. The van der Waals surface area contributed by atoms with Gasteiger partial charge >= 0.3 is 5.69 Å². The van der Waals surface area contributed by atoms with Gasteiger partial charge in [0, 0.05) is 20.6 Å². The van der Waals surface area contributed by atoms with Crippen molar-refractivity contribution in [2.24, 2.45) is 19.5 Å². The molecule has 1 rings (SSSR count). The summed E-state index contributed by atoms with van der Waals surface area (Å²) in [5, 5.41) is 12.7. The quantitative estimate of drug-likeness (QED) is 0.778. The fourth-order valence-corrected chi connectivity index (χ4v) is 1.38. The van der Waals surface area contributed by atoms with E-state index in [1.165, 1.54) is 18.7 Å². The highest BCUT2D eigenvalue weighted by atomic mass is 16.3. The van der Waals surface area contributed by atoms with Crippen molar-refractivity contribution in [2.45, 2.75) is 20.8 Å². The zero-order chi connectivity index (χ0) is 13.4. The fourth-order valence-electron chi connectivity index (χ4n) is 1.38. The first kappa shape index (κ1) is 13.3. The Labute approximate surface area is 99.5 Å². The summed E-state index contributed by atoms with van der Waals surface area (Å²) in [6.07, 6.45) is 0. The second-order valence-electron chi connectivity index (χ2n) is 5.32. The Morgan fingerprint density at radius 2 is 1.71 bits per heavy atom. The molecular weight excluding hydrogens is 222 g/mol. The highest BCUT2D eigenvalue weighted by Crippen LogP contribution is 2.19. The van der Waals surface area contributed by atoms with E-state index in [0.29, 0.717) is 6.54 Å². The third-order valence-corrected chi connectivity index (χ3v) is 2.43. The first-order valence-electron chi connectivity index (χ1n) is 5.38. The lowest BCUT2D eigenvalue weighted by atomic mass is 9.97. The number of aromatic nitrogens is 2. The zero-order valence-corrected chi connectivity index (χ0v) is 10.9. The van der Waals surface area contributed by atoms with Crippen molar-refractivity contribution in [2.75, 3.05) is 11.9 Å². The van der Waals surface area contributed by atoms with E-state index in [2.05, 4.69) is 5.32 Å². The Hall–Kier alpha value is -1.72. The van der Waals surface area contributed by atoms with Crippen LogP contribution in [-0.2, 0) is 14.1 Å². The summed E-state index contributed by atoms with van der Waals surface area (Å²) in [6, 6.07) is 0. The molecule has 96 valence electrons. The second-order valence-corrected chi connectivity index (χ2v) is 5.32. The average Bonchev–Trinajstić information content (AvgIpc) is 2.22. The molecule has 0 bridgehead atoms. The Kier molecular flexibility index (Phi) is 3.35. The van der Waals surface area contributed by atoms with Gasteiger partial charge in [-0.2, -0.15) is 0 Å². The summed E-state index contributed by atoms with van der Waals surface area (Å²) in [7, 11) is 2.84. The van der Waals surface area contributed by atoms with Gasteiger partial charge < -0.3 is 10.4 Å². The molecule has 1 aromatic heterocycles. The summed E-state index contributed by atoms with van der Waals surface area (Å²) in [6.45, 7) is 6.57. The van der Waals surface area contributed by atoms with Crippen LogP contribution in [0, 0.1) is 5.41 Å². The van der Waals surface area contributed by atoms with E-state index in [0.717, 1.165) is 4.57 Å². The molecule has 0 radical (unpaired) electrons. The van der Waals surface area contributed by atoms with E-state index in [-0.39, 0.29) is 11.2 Å². The average molecular weight is 241 g/mol. The number of nitrogens with zero attached hydrogens (tertiary/aromatic N) is 2. The molecule has 0 aliphatic heterocycles. The molecule has 2 N–H and O–H groups in total. The molecule has 1 aromatic rings. The lowest BCUT2D eigenvalue weighted by Gasteiger charge is -2.21. The first-order valence-corrected chi connectivity index (χ1v) is 5.38. The SMILES string of the molecule is Cn1c(NCC(C)(C)C)c(O)c(=O)n(C)c1=O. The largest absolute Gasteiger partial charge is 0.501 e. The van der Waals surface area contributed by atoms with E-state index < -0.39 is 17.0 Å². The molecule has 0 unspecified atom stereocenters. The topological polar surface area (TPSA) is 76.3 Å². The van der Waals surface area contributed by atoms with Crippen LogP contribution in [0.1, 0.15) is 20.8 Å². The molecular formula is C11H19N3O3. The van der Waals surface area contributed by atoms with Gasteiger partial charge in [0.2, 0.25) is 5.75 Å². The Bertz CT molecular complexity index is 497. The number of aromatic hydroxyl groups is 1. The van der Waals surface area contributed by atoms with E-state index in [1.54, 1.807) is 0 Å². The predicted octanol–water partition coefficient (Wildman–Crippen LogP) is 0.248. The number of hydrogen-bond donors (Lipinski definition) is 2.